The minimum atomic E-state index is 0.0438. The van der Waals surface area contributed by atoms with Crippen LogP contribution in [0.15, 0.2) is 18.2 Å². The van der Waals surface area contributed by atoms with Crippen molar-refractivity contribution in [1.29, 1.82) is 0 Å². The predicted octanol–water partition coefficient (Wildman–Crippen LogP) is 2.43. The van der Waals surface area contributed by atoms with Gasteiger partial charge in [-0.15, -0.1) is 0 Å². The molecule has 1 aliphatic heterocycles. The van der Waals surface area contributed by atoms with Crippen LogP contribution in [-0.2, 0) is 0 Å². The zero-order valence-corrected chi connectivity index (χ0v) is 12.9. The highest BCUT2D eigenvalue weighted by atomic mass is 127. The maximum absolute atomic E-state index is 12.1. The van der Waals surface area contributed by atoms with Gasteiger partial charge in [-0.05, 0) is 67.1 Å². The molecule has 1 aromatic rings. The van der Waals surface area contributed by atoms with E-state index in [0.717, 1.165) is 27.8 Å². The van der Waals surface area contributed by atoms with Crippen LogP contribution in [-0.4, -0.2) is 37.0 Å². The summed E-state index contributed by atoms with van der Waals surface area (Å²) in [5, 5.41) is 3.01. The van der Waals surface area contributed by atoms with Crippen molar-refractivity contribution in [3.8, 4) is 0 Å². The largest absolute Gasteiger partial charge is 0.351 e. The highest BCUT2D eigenvalue weighted by molar-refractivity contribution is 14.1. The average molecular weight is 358 g/mol. The Labute approximate surface area is 122 Å². The van der Waals surface area contributed by atoms with Crippen molar-refractivity contribution in [2.75, 3.05) is 26.2 Å². The Morgan fingerprint density at radius 2 is 2.11 bits per heavy atom. The first kappa shape index (κ1) is 13.8. The van der Waals surface area contributed by atoms with Gasteiger partial charge in [0.25, 0.3) is 5.91 Å². The Kier molecular flexibility index (Phi) is 5.00. The molecule has 0 aliphatic carbocycles. The van der Waals surface area contributed by atoms with Gasteiger partial charge in [0.05, 0.1) is 5.56 Å². The molecule has 0 atom stereocenters. The Morgan fingerprint density at radius 1 is 1.39 bits per heavy atom. The van der Waals surface area contributed by atoms with E-state index in [1.165, 1.54) is 25.9 Å². The van der Waals surface area contributed by atoms with Crippen molar-refractivity contribution in [3.05, 3.63) is 32.9 Å². The van der Waals surface area contributed by atoms with Gasteiger partial charge in [0, 0.05) is 16.7 Å². The van der Waals surface area contributed by atoms with E-state index in [2.05, 4.69) is 32.8 Å². The molecule has 4 heteroatoms. The second kappa shape index (κ2) is 6.52. The highest BCUT2D eigenvalue weighted by Gasteiger charge is 2.13. The van der Waals surface area contributed by atoms with Gasteiger partial charge in [-0.25, -0.2) is 0 Å². The summed E-state index contributed by atoms with van der Waals surface area (Å²) in [7, 11) is 0. The predicted molar refractivity (Wildman–Crippen MR) is 81.9 cm³/mol. The highest BCUT2D eigenvalue weighted by Crippen LogP contribution is 2.16. The molecule has 1 fully saturated rings. The first-order chi connectivity index (χ1) is 8.68. The molecule has 3 nitrogen and oxygen atoms in total. The van der Waals surface area contributed by atoms with Crippen LogP contribution in [0.2, 0.25) is 0 Å². The minimum Gasteiger partial charge on any atom is -0.351 e. The van der Waals surface area contributed by atoms with Crippen molar-refractivity contribution >= 4 is 28.5 Å². The third-order valence-corrected chi connectivity index (χ3v) is 4.78. The minimum absolute atomic E-state index is 0.0438. The zero-order valence-electron chi connectivity index (χ0n) is 10.7. The van der Waals surface area contributed by atoms with E-state index >= 15 is 0 Å². The molecule has 1 aromatic carbocycles. The van der Waals surface area contributed by atoms with Crippen molar-refractivity contribution in [1.82, 2.24) is 10.2 Å². The molecular formula is C14H19IN2O. The van der Waals surface area contributed by atoms with Gasteiger partial charge in [0.15, 0.2) is 0 Å². The maximum Gasteiger partial charge on any atom is 0.252 e. The quantitative estimate of drug-likeness (QED) is 0.839. The number of benzene rings is 1. The average Bonchev–Trinajstić information content (AvgIpc) is 2.85. The van der Waals surface area contributed by atoms with Gasteiger partial charge < -0.3 is 10.2 Å². The topological polar surface area (TPSA) is 32.3 Å². The molecule has 0 spiro atoms. The lowest BCUT2D eigenvalue weighted by molar-refractivity contribution is 0.0949. The number of hydrogen-bond donors (Lipinski definition) is 1. The molecule has 2 rings (SSSR count). The summed E-state index contributed by atoms with van der Waals surface area (Å²) in [6.45, 7) is 6.09. The van der Waals surface area contributed by atoms with E-state index in [-0.39, 0.29) is 5.91 Å². The Bertz CT molecular complexity index is 428. The second-order valence-corrected chi connectivity index (χ2v) is 5.82. The summed E-state index contributed by atoms with van der Waals surface area (Å²) in [5.74, 6) is 0.0438. The van der Waals surface area contributed by atoms with Crippen LogP contribution in [0.4, 0.5) is 0 Å². The fourth-order valence-corrected chi connectivity index (χ4v) is 2.86. The van der Waals surface area contributed by atoms with E-state index < -0.39 is 0 Å². The summed E-state index contributed by atoms with van der Waals surface area (Å²) < 4.78 is 1.05. The molecule has 18 heavy (non-hydrogen) atoms. The Balaban J connectivity index is 1.85. The molecule has 1 aliphatic rings. The number of likely N-dealkylation sites (tertiary alicyclic amines) is 1. The summed E-state index contributed by atoms with van der Waals surface area (Å²) in [5.41, 5.74) is 1.94. The summed E-state index contributed by atoms with van der Waals surface area (Å²) >= 11 is 2.24. The first-order valence-electron chi connectivity index (χ1n) is 6.44. The van der Waals surface area contributed by atoms with E-state index in [4.69, 9.17) is 0 Å². The van der Waals surface area contributed by atoms with Crippen LogP contribution in [0.5, 0.6) is 0 Å². The molecule has 0 bridgehead atoms. The number of carbonyl (C=O) groups is 1. The number of carbonyl (C=O) groups excluding carboxylic acids is 1. The van der Waals surface area contributed by atoms with Crippen molar-refractivity contribution in [3.63, 3.8) is 0 Å². The molecule has 0 unspecified atom stereocenters. The molecule has 0 radical (unpaired) electrons. The summed E-state index contributed by atoms with van der Waals surface area (Å²) in [6.07, 6.45) is 2.59. The first-order valence-corrected chi connectivity index (χ1v) is 7.52. The molecule has 1 amide bonds. The molecule has 98 valence electrons. The van der Waals surface area contributed by atoms with E-state index in [9.17, 15) is 4.79 Å². The van der Waals surface area contributed by atoms with Crippen molar-refractivity contribution in [2.45, 2.75) is 19.8 Å². The van der Waals surface area contributed by atoms with Crippen LogP contribution in [0.3, 0.4) is 0 Å². The van der Waals surface area contributed by atoms with Crippen LogP contribution in [0, 0.1) is 10.5 Å². The number of hydrogen-bond acceptors (Lipinski definition) is 2. The number of nitrogens with one attached hydrogen (secondary N) is 1. The second-order valence-electron chi connectivity index (χ2n) is 4.74. The van der Waals surface area contributed by atoms with E-state index in [0.29, 0.717) is 0 Å². The maximum atomic E-state index is 12.1. The van der Waals surface area contributed by atoms with Crippen molar-refractivity contribution < 1.29 is 4.79 Å². The standard InChI is InChI=1S/C14H19IN2O/c1-11-5-4-6-12(13(11)15)14(18)16-7-10-17-8-2-3-9-17/h4-6H,2-3,7-10H2,1H3,(H,16,18). The molecule has 1 saturated heterocycles. The van der Waals surface area contributed by atoms with E-state index in [1.54, 1.807) is 0 Å². The number of amides is 1. The number of halogens is 1. The fraction of sp³-hybridized carbons (Fsp3) is 0.500. The van der Waals surface area contributed by atoms with Gasteiger partial charge in [-0.1, -0.05) is 12.1 Å². The van der Waals surface area contributed by atoms with Crippen LogP contribution in [0.25, 0.3) is 0 Å². The zero-order chi connectivity index (χ0) is 13.0. The Hall–Kier alpha value is -0.620. The fourth-order valence-electron chi connectivity index (χ4n) is 2.25. The molecule has 0 saturated carbocycles. The molecular weight excluding hydrogens is 339 g/mol. The molecule has 0 aromatic heterocycles. The summed E-state index contributed by atoms with van der Waals surface area (Å²) in [4.78, 5) is 14.5. The normalized spacial score (nSPS) is 15.9. The lowest BCUT2D eigenvalue weighted by Crippen LogP contribution is -2.33. The lowest BCUT2D eigenvalue weighted by Gasteiger charge is -2.15. The van der Waals surface area contributed by atoms with Crippen LogP contribution in [0.1, 0.15) is 28.8 Å². The van der Waals surface area contributed by atoms with Crippen LogP contribution >= 0.6 is 22.6 Å². The van der Waals surface area contributed by atoms with Gasteiger partial charge >= 0.3 is 0 Å². The molecule has 1 heterocycles. The third-order valence-electron chi connectivity index (χ3n) is 3.35. The van der Waals surface area contributed by atoms with E-state index in [1.807, 2.05) is 25.1 Å². The van der Waals surface area contributed by atoms with Gasteiger partial charge in [0.1, 0.15) is 0 Å². The van der Waals surface area contributed by atoms with Gasteiger partial charge in [-0.3, -0.25) is 4.79 Å². The Morgan fingerprint density at radius 3 is 2.83 bits per heavy atom. The monoisotopic (exact) mass is 358 g/mol. The number of rotatable bonds is 4. The lowest BCUT2D eigenvalue weighted by atomic mass is 10.1. The number of nitrogens with zero attached hydrogens (tertiary/aromatic N) is 1. The van der Waals surface area contributed by atoms with Gasteiger partial charge in [-0.2, -0.15) is 0 Å². The molecule has 1 N–H and O–H groups in total. The number of aryl methyl sites for hydroxylation is 1. The third kappa shape index (κ3) is 3.45. The SMILES string of the molecule is Cc1cccc(C(=O)NCCN2CCCC2)c1I. The smallest absolute Gasteiger partial charge is 0.252 e. The van der Waals surface area contributed by atoms with Crippen LogP contribution < -0.4 is 5.32 Å². The van der Waals surface area contributed by atoms with Gasteiger partial charge in [0.2, 0.25) is 0 Å². The summed E-state index contributed by atoms with van der Waals surface area (Å²) in [6, 6.07) is 5.86. The van der Waals surface area contributed by atoms with Crippen molar-refractivity contribution in [2.24, 2.45) is 0 Å².